The molecular formula is C15H20N6O. The quantitative estimate of drug-likeness (QED) is 0.861. The molecule has 2 aromatic rings. The van der Waals surface area contributed by atoms with Crippen LogP contribution >= 0.6 is 0 Å². The standard InChI is InChI=1S/C15H20N6O/c1-2-8-20-11-18-19-14(20)13-5-3-4-9-21(13)15(22)12-10-16-6-7-17-12/h6-7,10-11,13H,2-5,8-9H2,1H3/t13-/m0/s1. The van der Waals surface area contributed by atoms with Crippen molar-refractivity contribution in [2.45, 2.75) is 45.2 Å². The molecule has 1 amide bonds. The summed E-state index contributed by atoms with van der Waals surface area (Å²) >= 11 is 0. The average Bonchev–Trinajstić information content (AvgIpc) is 3.03. The van der Waals surface area contributed by atoms with E-state index in [1.54, 1.807) is 18.7 Å². The Balaban J connectivity index is 1.88. The Labute approximate surface area is 129 Å². The van der Waals surface area contributed by atoms with Gasteiger partial charge in [0.25, 0.3) is 5.91 Å². The first kappa shape index (κ1) is 14.6. The second-order valence-corrected chi connectivity index (χ2v) is 5.48. The van der Waals surface area contributed by atoms with Gasteiger partial charge >= 0.3 is 0 Å². The predicted octanol–water partition coefficient (Wildman–Crippen LogP) is 1.85. The molecule has 7 nitrogen and oxygen atoms in total. The molecule has 1 atom stereocenters. The van der Waals surface area contributed by atoms with Crippen LogP contribution in [0, 0.1) is 0 Å². The minimum absolute atomic E-state index is 0.0303. The van der Waals surface area contributed by atoms with E-state index in [0.29, 0.717) is 5.69 Å². The number of aryl methyl sites for hydroxylation is 1. The van der Waals surface area contributed by atoms with Crippen molar-refractivity contribution in [2.75, 3.05) is 6.54 Å². The monoisotopic (exact) mass is 300 g/mol. The van der Waals surface area contributed by atoms with Gasteiger partial charge in [0.05, 0.1) is 12.2 Å². The van der Waals surface area contributed by atoms with E-state index in [9.17, 15) is 4.79 Å². The second kappa shape index (κ2) is 6.64. The molecule has 22 heavy (non-hydrogen) atoms. The summed E-state index contributed by atoms with van der Waals surface area (Å²) in [6.07, 6.45) is 10.4. The van der Waals surface area contributed by atoms with E-state index in [1.165, 1.54) is 6.20 Å². The highest BCUT2D eigenvalue weighted by Gasteiger charge is 2.32. The predicted molar refractivity (Wildman–Crippen MR) is 80.0 cm³/mol. The van der Waals surface area contributed by atoms with Gasteiger partial charge in [-0.1, -0.05) is 6.92 Å². The molecule has 3 heterocycles. The molecule has 0 unspecified atom stereocenters. The van der Waals surface area contributed by atoms with Crippen LogP contribution in [0.4, 0.5) is 0 Å². The third-order valence-corrected chi connectivity index (χ3v) is 3.95. The molecule has 1 fully saturated rings. The maximum Gasteiger partial charge on any atom is 0.274 e. The number of hydrogen-bond acceptors (Lipinski definition) is 5. The van der Waals surface area contributed by atoms with Crippen LogP contribution in [0.1, 0.15) is 55.0 Å². The fourth-order valence-electron chi connectivity index (χ4n) is 2.93. The average molecular weight is 300 g/mol. The number of amides is 1. The van der Waals surface area contributed by atoms with Crippen LogP contribution in [0.15, 0.2) is 24.9 Å². The van der Waals surface area contributed by atoms with Crippen molar-refractivity contribution in [3.05, 3.63) is 36.4 Å². The lowest BCUT2D eigenvalue weighted by atomic mass is 10.0. The van der Waals surface area contributed by atoms with E-state index >= 15 is 0 Å². The lowest BCUT2D eigenvalue weighted by Gasteiger charge is -2.34. The first-order chi connectivity index (χ1) is 10.8. The number of aromatic nitrogens is 5. The van der Waals surface area contributed by atoms with Crippen LogP contribution in [0.3, 0.4) is 0 Å². The summed E-state index contributed by atoms with van der Waals surface area (Å²) in [7, 11) is 0. The summed E-state index contributed by atoms with van der Waals surface area (Å²) in [5.74, 6) is 0.794. The molecule has 0 aromatic carbocycles. The van der Waals surface area contributed by atoms with E-state index in [1.807, 2.05) is 9.47 Å². The van der Waals surface area contributed by atoms with Gasteiger partial charge < -0.3 is 9.47 Å². The molecule has 0 radical (unpaired) electrons. The molecule has 0 N–H and O–H groups in total. The molecule has 1 aliphatic heterocycles. The molecule has 1 saturated heterocycles. The van der Waals surface area contributed by atoms with Crippen molar-refractivity contribution in [1.29, 1.82) is 0 Å². The third-order valence-electron chi connectivity index (χ3n) is 3.95. The maximum atomic E-state index is 12.7. The van der Waals surface area contributed by atoms with E-state index in [0.717, 1.165) is 44.6 Å². The van der Waals surface area contributed by atoms with Crippen LogP contribution < -0.4 is 0 Å². The number of carbonyl (C=O) groups excluding carboxylic acids is 1. The Morgan fingerprint density at radius 2 is 2.27 bits per heavy atom. The van der Waals surface area contributed by atoms with Gasteiger partial charge in [0.15, 0.2) is 5.82 Å². The van der Waals surface area contributed by atoms with Crippen LogP contribution in [0.25, 0.3) is 0 Å². The van der Waals surface area contributed by atoms with Crippen LogP contribution in [-0.4, -0.2) is 42.1 Å². The molecule has 0 spiro atoms. The SMILES string of the molecule is CCCn1cnnc1[C@@H]1CCCCN1C(=O)c1cnccn1. The maximum absolute atomic E-state index is 12.7. The van der Waals surface area contributed by atoms with Crippen molar-refractivity contribution >= 4 is 5.91 Å². The Hall–Kier alpha value is -2.31. The first-order valence-electron chi connectivity index (χ1n) is 7.76. The largest absolute Gasteiger partial charge is 0.327 e. The van der Waals surface area contributed by atoms with Gasteiger partial charge in [0.1, 0.15) is 12.0 Å². The molecule has 1 aliphatic rings. The fourth-order valence-corrected chi connectivity index (χ4v) is 2.93. The normalized spacial score (nSPS) is 18.4. The third kappa shape index (κ3) is 2.84. The van der Waals surface area contributed by atoms with Crippen molar-refractivity contribution in [3.63, 3.8) is 0 Å². The van der Waals surface area contributed by atoms with Crippen molar-refractivity contribution < 1.29 is 4.79 Å². The molecule has 0 saturated carbocycles. The summed E-state index contributed by atoms with van der Waals surface area (Å²) in [6, 6.07) is -0.0303. The van der Waals surface area contributed by atoms with Crippen molar-refractivity contribution in [2.24, 2.45) is 0 Å². The summed E-state index contributed by atoms with van der Waals surface area (Å²) in [5.41, 5.74) is 0.385. The summed E-state index contributed by atoms with van der Waals surface area (Å²) in [6.45, 7) is 3.71. The minimum Gasteiger partial charge on any atom is -0.327 e. The topological polar surface area (TPSA) is 76.8 Å². The van der Waals surface area contributed by atoms with E-state index in [4.69, 9.17) is 0 Å². The smallest absolute Gasteiger partial charge is 0.274 e. The number of rotatable bonds is 4. The molecule has 116 valence electrons. The number of likely N-dealkylation sites (tertiary alicyclic amines) is 1. The number of carbonyl (C=O) groups is 1. The van der Waals surface area contributed by atoms with Crippen LogP contribution in [0.5, 0.6) is 0 Å². The van der Waals surface area contributed by atoms with Gasteiger partial charge in [0.2, 0.25) is 0 Å². The van der Waals surface area contributed by atoms with Gasteiger partial charge in [0, 0.05) is 25.5 Å². The summed E-state index contributed by atoms with van der Waals surface area (Å²) in [5, 5.41) is 8.30. The van der Waals surface area contributed by atoms with Gasteiger partial charge in [-0.05, 0) is 25.7 Å². The second-order valence-electron chi connectivity index (χ2n) is 5.48. The zero-order valence-corrected chi connectivity index (χ0v) is 12.7. The van der Waals surface area contributed by atoms with Gasteiger partial charge in [-0.2, -0.15) is 0 Å². The lowest BCUT2D eigenvalue weighted by Crippen LogP contribution is -2.40. The van der Waals surface area contributed by atoms with Gasteiger partial charge in [-0.25, -0.2) is 4.98 Å². The minimum atomic E-state index is -0.0798. The molecule has 2 aromatic heterocycles. The fraction of sp³-hybridized carbons (Fsp3) is 0.533. The van der Waals surface area contributed by atoms with E-state index in [-0.39, 0.29) is 11.9 Å². The summed E-state index contributed by atoms with van der Waals surface area (Å²) in [4.78, 5) is 22.7. The highest BCUT2D eigenvalue weighted by Crippen LogP contribution is 2.30. The highest BCUT2D eigenvalue weighted by atomic mass is 16.2. The molecular weight excluding hydrogens is 280 g/mol. The van der Waals surface area contributed by atoms with Crippen molar-refractivity contribution in [3.8, 4) is 0 Å². The molecule has 7 heteroatoms. The highest BCUT2D eigenvalue weighted by molar-refractivity contribution is 5.92. The van der Waals surface area contributed by atoms with Crippen LogP contribution in [0.2, 0.25) is 0 Å². The number of nitrogens with zero attached hydrogens (tertiary/aromatic N) is 6. The lowest BCUT2D eigenvalue weighted by molar-refractivity contribution is 0.0588. The van der Waals surface area contributed by atoms with Crippen LogP contribution in [-0.2, 0) is 6.54 Å². The Morgan fingerprint density at radius 1 is 1.36 bits per heavy atom. The Morgan fingerprint density at radius 3 is 3.05 bits per heavy atom. The molecule has 3 rings (SSSR count). The van der Waals surface area contributed by atoms with E-state index in [2.05, 4.69) is 27.1 Å². The number of hydrogen-bond donors (Lipinski definition) is 0. The number of piperidine rings is 1. The van der Waals surface area contributed by atoms with E-state index < -0.39 is 0 Å². The van der Waals surface area contributed by atoms with Gasteiger partial charge in [-0.3, -0.25) is 9.78 Å². The first-order valence-corrected chi connectivity index (χ1v) is 7.76. The van der Waals surface area contributed by atoms with Crippen molar-refractivity contribution in [1.82, 2.24) is 29.6 Å². The molecule has 0 bridgehead atoms. The Kier molecular flexibility index (Phi) is 4.41. The zero-order valence-electron chi connectivity index (χ0n) is 12.7. The zero-order chi connectivity index (χ0) is 15.4. The van der Waals surface area contributed by atoms with Gasteiger partial charge in [-0.15, -0.1) is 10.2 Å². The Bertz CT molecular complexity index is 626. The molecule has 0 aliphatic carbocycles. The summed E-state index contributed by atoms with van der Waals surface area (Å²) < 4.78 is 2.05.